The Labute approximate surface area is 366 Å². The van der Waals surface area contributed by atoms with Crippen molar-refractivity contribution in [2.45, 2.75) is 57.5 Å². The van der Waals surface area contributed by atoms with Crippen LogP contribution < -0.4 is 4.74 Å². The van der Waals surface area contributed by atoms with E-state index in [4.69, 9.17) is 47.4 Å². The van der Waals surface area contributed by atoms with Crippen LogP contribution in [0.15, 0.2) is 115 Å². The molecule has 0 amide bonds. The largest absolute Gasteiger partial charge is 0.491 e. The zero-order chi connectivity index (χ0) is 42.6. The van der Waals surface area contributed by atoms with Gasteiger partial charge < -0.3 is 47.4 Å². The Hall–Kier alpha value is -3.68. The summed E-state index contributed by atoms with van der Waals surface area (Å²) in [6.45, 7) is 11.2. The molecule has 0 aliphatic carbocycles. The molecular formula is C51H72O10. The highest BCUT2D eigenvalue weighted by atomic mass is 16.6. The molecule has 0 unspecified atom stereocenters. The molecule has 4 rings (SSSR count). The van der Waals surface area contributed by atoms with E-state index in [9.17, 15) is 0 Å². The van der Waals surface area contributed by atoms with Crippen molar-refractivity contribution in [1.29, 1.82) is 0 Å². The van der Waals surface area contributed by atoms with E-state index >= 15 is 0 Å². The average Bonchev–Trinajstić information content (AvgIpc) is 3.31. The Kier molecular flexibility index (Phi) is 27.8. The van der Waals surface area contributed by atoms with Crippen LogP contribution in [-0.2, 0) is 54.7 Å². The van der Waals surface area contributed by atoms with Gasteiger partial charge >= 0.3 is 0 Å². The van der Waals surface area contributed by atoms with E-state index in [1.807, 2.05) is 54.6 Å². The highest BCUT2D eigenvalue weighted by molar-refractivity contribution is 5.47. The minimum Gasteiger partial charge on any atom is -0.491 e. The molecule has 0 saturated heterocycles. The van der Waals surface area contributed by atoms with Gasteiger partial charge in [0.05, 0.1) is 112 Å². The molecule has 0 fully saturated rings. The van der Waals surface area contributed by atoms with Crippen LogP contribution in [0, 0.1) is 0 Å². The summed E-state index contributed by atoms with van der Waals surface area (Å²) in [6.07, 6.45) is 9.08. The second kappa shape index (κ2) is 33.9. The second-order valence-electron chi connectivity index (χ2n) is 14.5. The maximum atomic E-state index is 6.74. The second-order valence-corrected chi connectivity index (χ2v) is 14.5. The van der Waals surface area contributed by atoms with Gasteiger partial charge in [-0.1, -0.05) is 142 Å². The monoisotopic (exact) mass is 845 g/mol. The first-order chi connectivity index (χ1) is 30.3. The molecule has 0 saturated carbocycles. The zero-order valence-corrected chi connectivity index (χ0v) is 36.7. The Morgan fingerprint density at radius 1 is 0.328 bits per heavy atom. The van der Waals surface area contributed by atoms with Crippen molar-refractivity contribution in [3.05, 3.63) is 138 Å². The summed E-state index contributed by atoms with van der Waals surface area (Å²) >= 11 is 0. The SMILES string of the molecule is CCCCCCCCc1ccc(OCCOCCOCCOCCOCCOCCOCCOCCOCCOC(c2ccccc2)(c2ccccc2)c2ccccc2)cc1. The number of ether oxygens (including phenoxy) is 10. The molecule has 0 aromatic heterocycles. The average molecular weight is 845 g/mol. The van der Waals surface area contributed by atoms with Crippen LogP contribution in [0.5, 0.6) is 5.75 Å². The third-order valence-corrected chi connectivity index (χ3v) is 9.93. The molecule has 0 radical (unpaired) electrons. The van der Waals surface area contributed by atoms with Crippen LogP contribution in [0.4, 0.5) is 0 Å². The predicted molar refractivity (Wildman–Crippen MR) is 241 cm³/mol. The van der Waals surface area contributed by atoms with Crippen LogP contribution in [-0.4, -0.2) is 119 Å². The first kappa shape index (κ1) is 50.0. The lowest BCUT2D eigenvalue weighted by Crippen LogP contribution is -2.34. The summed E-state index contributed by atoms with van der Waals surface area (Å²) in [5.41, 5.74) is 3.83. The summed E-state index contributed by atoms with van der Waals surface area (Å²) in [6, 6.07) is 39.5. The van der Waals surface area contributed by atoms with Gasteiger partial charge in [0, 0.05) is 0 Å². The van der Waals surface area contributed by atoms with Gasteiger partial charge in [-0.25, -0.2) is 0 Å². The van der Waals surface area contributed by atoms with Gasteiger partial charge in [0.15, 0.2) is 0 Å². The summed E-state index contributed by atoms with van der Waals surface area (Å²) in [5.74, 6) is 0.885. The number of benzene rings is 4. The third kappa shape index (κ3) is 21.3. The minimum absolute atomic E-state index is 0.417. The molecule has 0 N–H and O–H groups in total. The van der Waals surface area contributed by atoms with E-state index in [2.05, 4.69) is 67.6 Å². The summed E-state index contributed by atoms with van der Waals surface area (Å²) in [4.78, 5) is 0. The third-order valence-electron chi connectivity index (χ3n) is 9.93. The maximum absolute atomic E-state index is 6.74. The fourth-order valence-corrected chi connectivity index (χ4v) is 6.74. The highest BCUT2D eigenvalue weighted by Crippen LogP contribution is 2.40. The first-order valence-corrected chi connectivity index (χ1v) is 22.5. The van der Waals surface area contributed by atoms with E-state index in [0.29, 0.717) is 119 Å². The minimum atomic E-state index is -0.751. The topological polar surface area (TPSA) is 92.3 Å². The lowest BCUT2D eigenvalue weighted by atomic mass is 9.80. The molecule has 4 aromatic rings. The molecule has 0 atom stereocenters. The quantitative estimate of drug-likeness (QED) is 0.0320. The van der Waals surface area contributed by atoms with Crippen LogP contribution in [0.3, 0.4) is 0 Å². The Balaban J connectivity index is 0.864. The molecule has 336 valence electrons. The molecule has 0 spiro atoms. The van der Waals surface area contributed by atoms with Crippen molar-refractivity contribution >= 4 is 0 Å². The molecule has 61 heavy (non-hydrogen) atoms. The molecule has 0 bridgehead atoms. The molecule has 10 nitrogen and oxygen atoms in total. The van der Waals surface area contributed by atoms with Gasteiger partial charge in [0.25, 0.3) is 0 Å². The smallest absolute Gasteiger partial charge is 0.143 e. The molecule has 4 aromatic carbocycles. The van der Waals surface area contributed by atoms with Crippen molar-refractivity contribution in [2.75, 3.05) is 119 Å². The predicted octanol–water partition coefficient (Wildman–Crippen LogP) is 9.11. The zero-order valence-electron chi connectivity index (χ0n) is 36.7. The number of hydrogen-bond acceptors (Lipinski definition) is 10. The van der Waals surface area contributed by atoms with Crippen LogP contribution in [0.1, 0.15) is 67.7 Å². The summed E-state index contributed by atoms with van der Waals surface area (Å²) in [7, 11) is 0. The number of hydrogen-bond donors (Lipinski definition) is 0. The lowest BCUT2D eigenvalue weighted by Gasteiger charge is -2.36. The van der Waals surface area contributed by atoms with Crippen molar-refractivity contribution < 1.29 is 47.4 Å². The van der Waals surface area contributed by atoms with Gasteiger partial charge in [0.2, 0.25) is 0 Å². The van der Waals surface area contributed by atoms with Gasteiger partial charge in [-0.15, -0.1) is 0 Å². The molecule has 0 heterocycles. The summed E-state index contributed by atoms with van der Waals surface area (Å²) < 4.78 is 57.6. The highest BCUT2D eigenvalue weighted by Gasteiger charge is 2.37. The van der Waals surface area contributed by atoms with Gasteiger partial charge in [0.1, 0.15) is 18.0 Å². The van der Waals surface area contributed by atoms with Gasteiger partial charge in [-0.05, 0) is 47.2 Å². The van der Waals surface area contributed by atoms with Crippen molar-refractivity contribution in [1.82, 2.24) is 0 Å². The van der Waals surface area contributed by atoms with Crippen molar-refractivity contribution in [3.8, 4) is 5.75 Å². The van der Waals surface area contributed by atoms with Crippen LogP contribution in [0.25, 0.3) is 0 Å². The maximum Gasteiger partial charge on any atom is 0.143 e. The Morgan fingerprint density at radius 3 is 1.03 bits per heavy atom. The first-order valence-electron chi connectivity index (χ1n) is 22.5. The van der Waals surface area contributed by atoms with Gasteiger partial charge in [-0.2, -0.15) is 0 Å². The Bertz CT molecular complexity index is 1460. The van der Waals surface area contributed by atoms with Crippen LogP contribution >= 0.6 is 0 Å². The fourth-order valence-electron chi connectivity index (χ4n) is 6.74. The summed E-state index contributed by atoms with van der Waals surface area (Å²) in [5, 5.41) is 0. The van der Waals surface area contributed by atoms with Crippen molar-refractivity contribution in [2.24, 2.45) is 0 Å². The van der Waals surface area contributed by atoms with Crippen LogP contribution in [0.2, 0.25) is 0 Å². The van der Waals surface area contributed by atoms with E-state index in [1.54, 1.807) is 0 Å². The van der Waals surface area contributed by atoms with Gasteiger partial charge in [-0.3, -0.25) is 0 Å². The Morgan fingerprint density at radius 2 is 0.656 bits per heavy atom. The van der Waals surface area contributed by atoms with Crippen molar-refractivity contribution in [3.63, 3.8) is 0 Å². The molecular weight excluding hydrogens is 773 g/mol. The number of unbranched alkanes of at least 4 members (excludes halogenated alkanes) is 5. The fraction of sp³-hybridized carbons (Fsp3) is 0.529. The van der Waals surface area contributed by atoms with E-state index < -0.39 is 5.60 Å². The number of aryl methyl sites for hydroxylation is 1. The van der Waals surface area contributed by atoms with E-state index in [1.165, 1.54) is 44.1 Å². The molecule has 0 aliphatic rings. The van der Waals surface area contributed by atoms with E-state index in [0.717, 1.165) is 28.9 Å². The lowest BCUT2D eigenvalue weighted by molar-refractivity contribution is -0.0398. The molecule has 10 heteroatoms. The standard InChI is InChI=1S/C51H72O10/c1-2-3-4-5-6-10-17-46-24-26-50(27-25-46)60-44-42-58-40-38-56-36-34-54-32-30-52-28-29-53-31-33-55-35-37-57-39-41-59-43-45-61-51(47-18-11-7-12-19-47,48-20-13-8-14-21-48)49-22-15-9-16-23-49/h7-9,11-16,18-27H,2-6,10,17,28-45H2,1H3. The molecule has 0 aliphatic heterocycles. The number of rotatable bonds is 39. The normalized spacial score (nSPS) is 11.6. The van der Waals surface area contributed by atoms with E-state index in [-0.39, 0.29) is 0 Å².